The lowest BCUT2D eigenvalue weighted by atomic mass is 10.2. The van der Waals surface area contributed by atoms with Crippen molar-refractivity contribution in [3.63, 3.8) is 0 Å². The summed E-state index contributed by atoms with van der Waals surface area (Å²) in [6.07, 6.45) is 0.525. The van der Waals surface area contributed by atoms with Crippen molar-refractivity contribution < 1.29 is 4.79 Å². The van der Waals surface area contributed by atoms with E-state index in [2.05, 4.69) is 20.8 Å². The summed E-state index contributed by atoms with van der Waals surface area (Å²) in [6.45, 7) is 2.08. The summed E-state index contributed by atoms with van der Waals surface area (Å²) in [5.74, 6) is 0.137. The van der Waals surface area contributed by atoms with Crippen LogP contribution in [0.1, 0.15) is 6.42 Å². The molecule has 92 valence electrons. The van der Waals surface area contributed by atoms with E-state index in [1.165, 1.54) is 0 Å². The van der Waals surface area contributed by atoms with Crippen LogP contribution in [0.15, 0.2) is 22.7 Å². The number of para-hydroxylation sites is 1. The van der Waals surface area contributed by atoms with E-state index in [0.717, 1.165) is 28.9 Å². The van der Waals surface area contributed by atoms with Gasteiger partial charge in [-0.3, -0.25) is 4.79 Å². The molecule has 1 amide bonds. The van der Waals surface area contributed by atoms with Crippen molar-refractivity contribution in [3.05, 3.63) is 22.7 Å². The molecule has 0 atom stereocenters. The third-order valence-corrected chi connectivity index (χ3v) is 3.65. The van der Waals surface area contributed by atoms with E-state index in [1.807, 2.05) is 25.2 Å². The first-order valence-corrected chi connectivity index (χ1v) is 6.44. The van der Waals surface area contributed by atoms with Crippen molar-refractivity contribution in [1.82, 2.24) is 0 Å². The molecule has 17 heavy (non-hydrogen) atoms. The maximum Gasteiger partial charge on any atom is 0.228 e. The molecule has 1 heterocycles. The van der Waals surface area contributed by atoms with Gasteiger partial charge >= 0.3 is 0 Å². The third-order valence-electron chi connectivity index (χ3n) is 3.01. The molecular weight excluding hydrogens is 282 g/mol. The van der Waals surface area contributed by atoms with Crippen LogP contribution in [0.4, 0.5) is 11.4 Å². The average molecular weight is 298 g/mol. The number of carbonyl (C=O) groups excluding carboxylic acids is 1. The van der Waals surface area contributed by atoms with Crippen molar-refractivity contribution in [1.29, 1.82) is 0 Å². The summed E-state index contributed by atoms with van der Waals surface area (Å²) in [6, 6.07) is 5.97. The van der Waals surface area contributed by atoms with E-state index in [-0.39, 0.29) is 5.91 Å². The standard InChI is InChI=1S/C12H16BrN3O/c1-15-11(17)5-7-16(8-6-14)10-4-2-3-9(13)12(10)15/h2-4H,5-8,14H2,1H3. The van der Waals surface area contributed by atoms with Crippen LogP contribution >= 0.6 is 15.9 Å². The molecule has 4 nitrogen and oxygen atoms in total. The second kappa shape index (κ2) is 5.06. The van der Waals surface area contributed by atoms with Gasteiger partial charge in [0.1, 0.15) is 0 Å². The van der Waals surface area contributed by atoms with Gasteiger partial charge in [0.05, 0.1) is 11.4 Å². The molecule has 2 N–H and O–H groups in total. The van der Waals surface area contributed by atoms with Gasteiger partial charge < -0.3 is 15.5 Å². The smallest absolute Gasteiger partial charge is 0.228 e. The summed E-state index contributed by atoms with van der Waals surface area (Å²) in [5, 5.41) is 0. The van der Waals surface area contributed by atoms with Crippen molar-refractivity contribution >= 4 is 33.2 Å². The second-order valence-electron chi connectivity index (χ2n) is 4.09. The van der Waals surface area contributed by atoms with Gasteiger partial charge in [0.2, 0.25) is 5.91 Å². The molecule has 0 unspecified atom stereocenters. The van der Waals surface area contributed by atoms with Crippen molar-refractivity contribution in [2.45, 2.75) is 6.42 Å². The Balaban J connectivity index is 2.50. The molecule has 0 spiro atoms. The van der Waals surface area contributed by atoms with Gasteiger partial charge in [-0.05, 0) is 28.1 Å². The molecular formula is C12H16BrN3O. The van der Waals surface area contributed by atoms with E-state index < -0.39 is 0 Å². The van der Waals surface area contributed by atoms with Gasteiger partial charge in [0.25, 0.3) is 0 Å². The Morgan fingerprint density at radius 1 is 1.47 bits per heavy atom. The van der Waals surface area contributed by atoms with Crippen LogP contribution in [0, 0.1) is 0 Å². The number of rotatable bonds is 2. The maximum absolute atomic E-state index is 11.9. The number of nitrogens with zero attached hydrogens (tertiary/aromatic N) is 2. The lowest BCUT2D eigenvalue weighted by molar-refractivity contribution is -0.118. The lowest BCUT2D eigenvalue weighted by Crippen LogP contribution is -2.30. The van der Waals surface area contributed by atoms with E-state index >= 15 is 0 Å². The number of hydrogen-bond acceptors (Lipinski definition) is 3. The van der Waals surface area contributed by atoms with Crippen LogP contribution in [0.25, 0.3) is 0 Å². The first-order valence-electron chi connectivity index (χ1n) is 5.65. The minimum absolute atomic E-state index is 0.137. The topological polar surface area (TPSA) is 49.6 Å². The van der Waals surface area contributed by atoms with Gasteiger partial charge in [-0.15, -0.1) is 0 Å². The van der Waals surface area contributed by atoms with Crippen molar-refractivity contribution in [2.75, 3.05) is 36.5 Å². The number of halogens is 1. The van der Waals surface area contributed by atoms with Crippen LogP contribution in [-0.2, 0) is 4.79 Å². The largest absolute Gasteiger partial charge is 0.368 e. The van der Waals surface area contributed by atoms with E-state index in [1.54, 1.807) is 4.90 Å². The summed E-state index contributed by atoms with van der Waals surface area (Å²) >= 11 is 3.51. The Morgan fingerprint density at radius 3 is 2.94 bits per heavy atom. The van der Waals surface area contributed by atoms with Crippen LogP contribution in [0.5, 0.6) is 0 Å². The van der Waals surface area contributed by atoms with Crippen molar-refractivity contribution in [2.24, 2.45) is 5.73 Å². The number of anilines is 2. The molecule has 5 heteroatoms. The summed E-state index contributed by atoms with van der Waals surface area (Å²) in [5.41, 5.74) is 7.62. The number of hydrogen-bond donors (Lipinski definition) is 1. The number of fused-ring (bicyclic) bond motifs is 1. The number of amides is 1. The molecule has 2 rings (SSSR count). The Labute approximate surface area is 110 Å². The normalized spacial score (nSPS) is 15.8. The minimum Gasteiger partial charge on any atom is -0.368 e. The van der Waals surface area contributed by atoms with Crippen LogP contribution in [0.3, 0.4) is 0 Å². The molecule has 0 saturated carbocycles. The van der Waals surface area contributed by atoms with Gasteiger partial charge in [0.15, 0.2) is 0 Å². The molecule has 0 bridgehead atoms. The van der Waals surface area contributed by atoms with E-state index in [0.29, 0.717) is 13.0 Å². The van der Waals surface area contributed by atoms with E-state index in [4.69, 9.17) is 5.73 Å². The molecule has 0 fully saturated rings. The zero-order chi connectivity index (χ0) is 12.4. The molecule has 0 saturated heterocycles. The fourth-order valence-corrected chi connectivity index (χ4v) is 2.74. The summed E-state index contributed by atoms with van der Waals surface area (Å²) < 4.78 is 0.940. The van der Waals surface area contributed by atoms with Gasteiger partial charge in [-0.25, -0.2) is 0 Å². The lowest BCUT2D eigenvalue weighted by Gasteiger charge is -2.25. The Morgan fingerprint density at radius 2 is 2.24 bits per heavy atom. The molecule has 0 radical (unpaired) electrons. The fourth-order valence-electron chi connectivity index (χ4n) is 2.12. The highest BCUT2D eigenvalue weighted by molar-refractivity contribution is 9.10. The first-order chi connectivity index (χ1) is 8.15. The molecule has 0 aliphatic carbocycles. The summed E-state index contributed by atoms with van der Waals surface area (Å²) in [7, 11) is 1.82. The highest BCUT2D eigenvalue weighted by Gasteiger charge is 2.24. The molecule has 1 aromatic carbocycles. The highest BCUT2D eigenvalue weighted by atomic mass is 79.9. The van der Waals surface area contributed by atoms with E-state index in [9.17, 15) is 4.79 Å². The number of nitrogens with two attached hydrogens (primary N) is 1. The van der Waals surface area contributed by atoms with Gasteiger partial charge in [0, 0.05) is 37.6 Å². The monoisotopic (exact) mass is 297 g/mol. The first kappa shape index (κ1) is 12.4. The van der Waals surface area contributed by atoms with Crippen LogP contribution in [-0.4, -0.2) is 32.6 Å². The molecule has 0 aromatic heterocycles. The third kappa shape index (κ3) is 2.30. The Kier molecular flexibility index (Phi) is 3.69. The summed E-state index contributed by atoms with van der Waals surface area (Å²) in [4.78, 5) is 15.8. The van der Waals surface area contributed by atoms with Crippen LogP contribution in [0.2, 0.25) is 0 Å². The Hall–Kier alpha value is -1.07. The second-order valence-corrected chi connectivity index (χ2v) is 4.94. The Bertz CT molecular complexity index is 436. The number of benzene rings is 1. The van der Waals surface area contributed by atoms with Crippen LogP contribution < -0.4 is 15.5 Å². The predicted molar refractivity (Wildman–Crippen MR) is 73.4 cm³/mol. The highest BCUT2D eigenvalue weighted by Crippen LogP contribution is 2.37. The zero-order valence-corrected chi connectivity index (χ0v) is 11.4. The molecule has 1 aliphatic heterocycles. The maximum atomic E-state index is 11.9. The van der Waals surface area contributed by atoms with Gasteiger partial charge in [-0.2, -0.15) is 0 Å². The number of carbonyl (C=O) groups is 1. The average Bonchev–Trinajstić information content (AvgIpc) is 2.43. The van der Waals surface area contributed by atoms with Crippen molar-refractivity contribution in [3.8, 4) is 0 Å². The molecule has 1 aliphatic rings. The fraction of sp³-hybridized carbons (Fsp3) is 0.417. The predicted octanol–water partition coefficient (Wildman–Crippen LogP) is 1.58. The SMILES string of the molecule is CN1C(=O)CCN(CCN)c2cccc(Br)c21. The van der Waals surface area contributed by atoms with Gasteiger partial charge in [-0.1, -0.05) is 6.07 Å². The minimum atomic E-state index is 0.137. The molecule has 1 aromatic rings. The zero-order valence-electron chi connectivity index (χ0n) is 9.82. The quantitative estimate of drug-likeness (QED) is 0.902.